The van der Waals surface area contributed by atoms with Gasteiger partial charge in [-0.15, -0.1) is 0 Å². The van der Waals surface area contributed by atoms with E-state index in [0.29, 0.717) is 19.2 Å². The molecule has 2 rings (SSSR count). The van der Waals surface area contributed by atoms with E-state index < -0.39 is 10.4 Å². The number of hydrogen-bond acceptors (Lipinski definition) is 7. The van der Waals surface area contributed by atoms with Crippen LogP contribution in [0.25, 0.3) is 0 Å². The summed E-state index contributed by atoms with van der Waals surface area (Å²) in [4.78, 5) is 3.95. The lowest BCUT2D eigenvalue weighted by atomic mass is 10.5. The lowest BCUT2D eigenvalue weighted by Crippen LogP contribution is -2.44. The minimum absolute atomic E-state index is 0.159. The van der Waals surface area contributed by atoms with E-state index in [2.05, 4.69) is 10.3 Å². The highest BCUT2D eigenvalue weighted by Gasteiger charge is 2.31. The summed E-state index contributed by atoms with van der Waals surface area (Å²) in [6.07, 6.45) is -0.387. The Morgan fingerprint density at radius 3 is 2.47 bits per heavy atom. The van der Waals surface area contributed by atoms with Crippen molar-refractivity contribution in [1.29, 1.82) is 0 Å². The molecule has 0 bridgehead atoms. The van der Waals surface area contributed by atoms with Crippen molar-refractivity contribution in [3.63, 3.8) is 0 Å². The van der Waals surface area contributed by atoms with Crippen LogP contribution in [0.15, 0.2) is 4.99 Å². The van der Waals surface area contributed by atoms with Gasteiger partial charge < -0.3 is 20.5 Å². The van der Waals surface area contributed by atoms with Gasteiger partial charge >= 0.3 is 10.4 Å². The molecule has 15 heavy (non-hydrogen) atoms. The first-order chi connectivity index (χ1) is 6.86. The average molecular weight is 241 g/mol. The summed E-state index contributed by atoms with van der Waals surface area (Å²) in [5, 5.41) is 2.84. The molecule has 10 heteroatoms. The second-order valence-corrected chi connectivity index (χ2v) is 3.55. The molecule has 1 saturated heterocycles. The average Bonchev–Trinajstić information content (AvgIpc) is 2.40. The number of ether oxygens (including phenoxy) is 2. The van der Waals surface area contributed by atoms with Gasteiger partial charge in [0.15, 0.2) is 18.4 Å². The lowest BCUT2D eigenvalue weighted by molar-refractivity contribution is -0.133. The van der Waals surface area contributed by atoms with E-state index in [1.807, 2.05) is 0 Å². The number of nitrogens with two attached hydrogens (primary N) is 1. The van der Waals surface area contributed by atoms with E-state index in [-0.39, 0.29) is 12.5 Å². The molecule has 9 nitrogen and oxygen atoms in total. The molecule has 1 fully saturated rings. The summed E-state index contributed by atoms with van der Waals surface area (Å²) in [7, 11) is -4.67. The first-order valence-corrected chi connectivity index (χ1v) is 5.29. The molecule has 2 aliphatic rings. The molecule has 5 N–H and O–H groups in total. The first kappa shape index (κ1) is 12.1. The molecule has 0 aromatic heterocycles. The minimum Gasteiger partial charge on any atom is -0.370 e. The fourth-order valence-electron chi connectivity index (χ4n) is 1.05. The van der Waals surface area contributed by atoms with Gasteiger partial charge in [0.05, 0.1) is 13.2 Å². The van der Waals surface area contributed by atoms with E-state index in [9.17, 15) is 0 Å². The summed E-state index contributed by atoms with van der Waals surface area (Å²) in [6, 6.07) is 0. The van der Waals surface area contributed by atoms with Gasteiger partial charge in [0, 0.05) is 0 Å². The van der Waals surface area contributed by atoms with E-state index in [1.165, 1.54) is 0 Å². The fraction of sp³-hybridized carbons (Fsp3) is 0.800. The molecule has 88 valence electrons. The maximum Gasteiger partial charge on any atom is 0.394 e. The summed E-state index contributed by atoms with van der Waals surface area (Å²) >= 11 is 0. The van der Waals surface area contributed by atoms with Gasteiger partial charge in [-0.05, 0) is 0 Å². The zero-order valence-corrected chi connectivity index (χ0v) is 8.35. The smallest absolute Gasteiger partial charge is 0.370 e. The monoisotopic (exact) mass is 241 g/mol. The Labute approximate surface area is 85.8 Å². The first-order valence-electron chi connectivity index (χ1n) is 3.89. The largest absolute Gasteiger partial charge is 0.394 e. The predicted molar refractivity (Wildman–Crippen MR) is 48.4 cm³/mol. The Balaban J connectivity index is 0.000000195. The van der Waals surface area contributed by atoms with Gasteiger partial charge in [-0.2, -0.15) is 8.42 Å². The second kappa shape index (κ2) is 4.72. The second-order valence-electron chi connectivity index (χ2n) is 2.66. The van der Waals surface area contributed by atoms with Crippen LogP contribution >= 0.6 is 0 Å². The molecule has 0 aromatic rings. The van der Waals surface area contributed by atoms with Gasteiger partial charge in [-0.1, -0.05) is 0 Å². The molecule has 2 heterocycles. The molecule has 0 saturated carbocycles. The van der Waals surface area contributed by atoms with Crippen molar-refractivity contribution in [2.45, 2.75) is 12.5 Å². The standard InChI is InChI=1S/C5H9N3O2.H2O4S/c6-5-7-3-4(8-5)10-2-1-9-3;1-5(2,3)4/h3-4H,1-2H2,(H3,6,7,8);(H2,1,2,3,4)/t3-,4+;. The number of hydrogen-bond donors (Lipinski definition) is 4. The molecule has 0 radical (unpaired) electrons. The van der Waals surface area contributed by atoms with Crippen molar-refractivity contribution < 1.29 is 27.0 Å². The molecule has 0 amide bonds. The normalized spacial score (nSPS) is 29.3. The van der Waals surface area contributed by atoms with E-state index in [1.54, 1.807) is 0 Å². The van der Waals surface area contributed by atoms with Gasteiger partial charge in [0.2, 0.25) is 0 Å². The molecule has 0 aromatic carbocycles. The summed E-state index contributed by atoms with van der Waals surface area (Å²) in [5.74, 6) is 0.400. The Kier molecular flexibility index (Phi) is 3.82. The van der Waals surface area contributed by atoms with Crippen LogP contribution in [0.5, 0.6) is 0 Å². The molecule has 0 unspecified atom stereocenters. The van der Waals surface area contributed by atoms with Gasteiger partial charge in [-0.3, -0.25) is 9.11 Å². The van der Waals surface area contributed by atoms with E-state index in [0.717, 1.165) is 0 Å². The topological polar surface area (TPSA) is 143 Å². The highest BCUT2D eigenvalue weighted by atomic mass is 32.3. The van der Waals surface area contributed by atoms with Crippen LogP contribution in [-0.2, 0) is 19.9 Å². The number of nitrogens with one attached hydrogen (secondary N) is 1. The van der Waals surface area contributed by atoms with Crippen molar-refractivity contribution in [2.24, 2.45) is 10.7 Å². The van der Waals surface area contributed by atoms with Crippen molar-refractivity contribution in [2.75, 3.05) is 13.2 Å². The third-order valence-corrected chi connectivity index (χ3v) is 1.48. The SMILES string of the molecule is NC1=N[C@H]2OCCO[C@H]2N1.O=S(=O)(O)O. The van der Waals surface area contributed by atoms with Crippen molar-refractivity contribution >= 4 is 16.4 Å². The number of aliphatic imine (C=N–C) groups is 1. The van der Waals surface area contributed by atoms with Crippen LogP contribution in [0.3, 0.4) is 0 Å². The fourth-order valence-corrected chi connectivity index (χ4v) is 1.05. The highest BCUT2D eigenvalue weighted by molar-refractivity contribution is 7.79. The van der Waals surface area contributed by atoms with Crippen LogP contribution in [0, 0.1) is 0 Å². The Bertz CT molecular complexity index is 333. The van der Waals surface area contributed by atoms with Crippen LogP contribution in [0.2, 0.25) is 0 Å². The third kappa shape index (κ3) is 4.90. The van der Waals surface area contributed by atoms with Crippen molar-refractivity contribution in [1.82, 2.24) is 5.32 Å². The number of fused-ring (bicyclic) bond motifs is 1. The van der Waals surface area contributed by atoms with Crippen LogP contribution in [0.1, 0.15) is 0 Å². The molecule has 0 spiro atoms. The number of nitrogens with zero attached hydrogens (tertiary/aromatic N) is 1. The lowest BCUT2D eigenvalue weighted by Gasteiger charge is -2.23. The quantitative estimate of drug-likeness (QED) is 0.355. The van der Waals surface area contributed by atoms with Crippen LogP contribution in [-0.4, -0.2) is 49.2 Å². The van der Waals surface area contributed by atoms with E-state index in [4.69, 9.17) is 32.7 Å². The summed E-state index contributed by atoms with van der Waals surface area (Å²) in [5.41, 5.74) is 5.37. The van der Waals surface area contributed by atoms with Gasteiger partial charge in [0.25, 0.3) is 0 Å². The molecule has 0 aliphatic carbocycles. The maximum absolute atomic E-state index is 8.74. The molecule has 2 atom stereocenters. The van der Waals surface area contributed by atoms with Crippen molar-refractivity contribution in [3.05, 3.63) is 0 Å². The molecular formula is C5H11N3O6S. The van der Waals surface area contributed by atoms with E-state index >= 15 is 0 Å². The van der Waals surface area contributed by atoms with Crippen LogP contribution in [0.4, 0.5) is 0 Å². The zero-order valence-electron chi connectivity index (χ0n) is 7.53. The van der Waals surface area contributed by atoms with Gasteiger partial charge in [0.1, 0.15) is 0 Å². The molecule has 2 aliphatic heterocycles. The summed E-state index contributed by atoms with van der Waals surface area (Å²) in [6.45, 7) is 1.20. The minimum atomic E-state index is -4.67. The maximum atomic E-state index is 8.74. The third-order valence-electron chi connectivity index (χ3n) is 1.48. The molecular weight excluding hydrogens is 230 g/mol. The number of rotatable bonds is 0. The predicted octanol–water partition coefficient (Wildman–Crippen LogP) is -2.05. The Morgan fingerprint density at radius 2 is 1.93 bits per heavy atom. The highest BCUT2D eigenvalue weighted by Crippen LogP contribution is 2.12. The number of guanidine groups is 1. The Hall–Kier alpha value is -0.940. The summed E-state index contributed by atoms with van der Waals surface area (Å²) < 4.78 is 42.0. The van der Waals surface area contributed by atoms with Crippen molar-refractivity contribution in [3.8, 4) is 0 Å². The van der Waals surface area contributed by atoms with Crippen LogP contribution < -0.4 is 11.1 Å². The zero-order chi connectivity index (χ0) is 11.5. The van der Waals surface area contributed by atoms with Gasteiger partial charge in [-0.25, -0.2) is 4.99 Å². The Morgan fingerprint density at radius 1 is 1.40 bits per heavy atom.